The molecule has 1 heterocycles. The van der Waals surface area contributed by atoms with Gasteiger partial charge in [-0.1, -0.05) is 13.0 Å². The Morgan fingerprint density at radius 2 is 2.05 bits per heavy atom. The fourth-order valence-electron chi connectivity index (χ4n) is 3.02. The fraction of sp³-hybridized carbons (Fsp3) is 0.588. The van der Waals surface area contributed by atoms with Crippen LogP contribution < -0.4 is 9.47 Å². The number of rotatable bonds is 6. The summed E-state index contributed by atoms with van der Waals surface area (Å²) in [7, 11) is 3.25. The van der Waals surface area contributed by atoms with Crippen molar-refractivity contribution in [2.24, 2.45) is 0 Å². The molecule has 1 unspecified atom stereocenters. The van der Waals surface area contributed by atoms with Crippen molar-refractivity contribution in [2.75, 3.05) is 20.8 Å². The third kappa shape index (κ3) is 3.69. The number of aryl methyl sites for hydroxylation is 1. The summed E-state index contributed by atoms with van der Waals surface area (Å²) in [6.45, 7) is 3.08. The minimum Gasteiger partial charge on any atom is -0.493 e. The van der Waals surface area contributed by atoms with Crippen LogP contribution in [-0.4, -0.2) is 37.6 Å². The number of nitrogens with zero attached hydrogens (tertiary/aromatic N) is 1. The average Bonchev–Trinajstić information content (AvgIpc) is 3.00. The number of ether oxygens (including phenoxy) is 2. The first-order valence-electron chi connectivity index (χ1n) is 7.70. The van der Waals surface area contributed by atoms with E-state index >= 15 is 0 Å². The average molecular weight is 291 g/mol. The maximum atomic E-state index is 12.3. The topological polar surface area (TPSA) is 38.8 Å². The monoisotopic (exact) mass is 291 g/mol. The zero-order chi connectivity index (χ0) is 15.2. The van der Waals surface area contributed by atoms with Gasteiger partial charge in [0.25, 0.3) is 0 Å². The lowest BCUT2D eigenvalue weighted by Gasteiger charge is -2.23. The lowest BCUT2D eigenvalue weighted by atomic mass is 10.1. The molecule has 1 aromatic carbocycles. The van der Waals surface area contributed by atoms with Crippen molar-refractivity contribution in [2.45, 2.75) is 45.1 Å². The Hall–Kier alpha value is -1.71. The molecule has 0 aliphatic carbocycles. The Morgan fingerprint density at radius 1 is 1.29 bits per heavy atom. The molecule has 1 saturated heterocycles. The van der Waals surface area contributed by atoms with Gasteiger partial charge in [-0.2, -0.15) is 0 Å². The van der Waals surface area contributed by atoms with Crippen LogP contribution in [0.1, 0.15) is 38.2 Å². The molecule has 0 saturated carbocycles. The van der Waals surface area contributed by atoms with Crippen molar-refractivity contribution in [1.82, 2.24) is 4.90 Å². The number of methoxy groups -OCH3 is 2. The second kappa shape index (κ2) is 7.34. The molecule has 0 bridgehead atoms. The van der Waals surface area contributed by atoms with Gasteiger partial charge in [0.05, 0.1) is 14.2 Å². The van der Waals surface area contributed by atoms with E-state index < -0.39 is 0 Å². The summed E-state index contributed by atoms with van der Waals surface area (Å²) >= 11 is 0. The number of carbonyl (C=O) groups excluding carboxylic acids is 1. The third-order valence-corrected chi connectivity index (χ3v) is 4.24. The van der Waals surface area contributed by atoms with Crippen LogP contribution in [0.4, 0.5) is 0 Å². The molecule has 0 spiro atoms. The van der Waals surface area contributed by atoms with Crippen LogP contribution in [0.2, 0.25) is 0 Å². The van der Waals surface area contributed by atoms with Gasteiger partial charge in [0.1, 0.15) is 0 Å². The maximum Gasteiger partial charge on any atom is 0.223 e. The van der Waals surface area contributed by atoms with E-state index in [4.69, 9.17) is 9.47 Å². The zero-order valence-corrected chi connectivity index (χ0v) is 13.2. The minimum absolute atomic E-state index is 0.272. The smallest absolute Gasteiger partial charge is 0.223 e. The largest absolute Gasteiger partial charge is 0.493 e. The van der Waals surface area contributed by atoms with Crippen molar-refractivity contribution in [1.29, 1.82) is 0 Å². The minimum atomic E-state index is 0.272. The van der Waals surface area contributed by atoms with Crippen LogP contribution in [0.3, 0.4) is 0 Å². The van der Waals surface area contributed by atoms with Gasteiger partial charge in [0.15, 0.2) is 11.5 Å². The second-order valence-electron chi connectivity index (χ2n) is 5.48. The van der Waals surface area contributed by atoms with Crippen molar-refractivity contribution in [3.63, 3.8) is 0 Å². The summed E-state index contributed by atoms with van der Waals surface area (Å²) in [4.78, 5) is 14.4. The van der Waals surface area contributed by atoms with Crippen LogP contribution in [0.25, 0.3) is 0 Å². The molecule has 1 atom stereocenters. The summed E-state index contributed by atoms with van der Waals surface area (Å²) in [5.74, 6) is 1.71. The molecule has 0 aromatic heterocycles. The molecule has 1 aliphatic rings. The molecule has 4 nitrogen and oxygen atoms in total. The Bertz CT molecular complexity index is 487. The van der Waals surface area contributed by atoms with Crippen molar-refractivity contribution >= 4 is 5.91 Å². The van der Waals surface area contributed by atoms with E-state index in [9.17, 15) is 4.79 Å². The van der Waals surface area contributed by atoms with Crippen LogP contribution in [0.15, 0.2) is 18.2 Å². The first kappa shape index (κ1) is 15.7. The standard InChI is InChI=1S/C17H25NO3/c1-4-14-6-5-11-18(14)17(19)10-8-13-7-9-15(20-2)16(12-13)21-3/h7,9,12,14H,4-6,8,10-11H2,1-3H3. The molecular formula is C17H25NO3. The first-order valence-corrected chi connectivity index (χ1v) is 7.70. The second-order valence-corrected chi connectivity index (χ2v) is 5.48. The van der Waals surface area contributed by atoms with Gasteiger partial charge >= 0.3 is 0 Å². The summed E-state index contributed by atoms with van der Waals surface area (Å²) < 4.78 is 10.5. The number of hydrogen-bond acceptors (Lipinski definition) is 3. The molecule has 21 heavy (non-hydrogen) atoms. The van der Waals surface area contributed by atoms with Gasteiger partial charge in [0, 0.05) is 19.0 Å². The number of amides is 1. The number of carbonyl (C=O) groups is 1. The highest BCUT2D eigenvalue weighted by Crippen LogP contribution is 2.28. The highest BCUT2D eigenvalue weighted by atomic mass is 16.5. The van der Waals surface area contributed by atoms with Crippen LogP contribution in [0, 0.1) is 0 Å². The maximum absolute atomic E-state index is 12.3. The summed E-state index contributed by atoms with van der Waals surface area (Å²) in [5.41, 5.74) is 1.10. The molecule has 2 rings (SSSR count). The van der Waals surface area contributed by atoms with Gasteiger partial charge in [0.2, 0.25) is 5.91 Å². The highest BCUT2D eigenvalue weighted by molar-refractivity contribution is 5.77. The summed E-state index contributed by atoms with van der Waals surface area (Å²) in [6.07, 6.45) is 4.65. The molecule has 1 fully saturated rings. The molecule has 1 amide bonds. The van der Waals surface area contributed by atoms with Gasteiger partial charge in [-0.05, 0) is 43.4 Å². The molecule has 1 aliphatic heterocycles. The van der Waals surface area contributed by atoms with E-state index in [2.05, 4.69) is 11.8 Å². The van der Waals surface area contributed by atoms with E-state index in [0.717, 1.165) is 49.3 Å². The number of likely N-dealkylation sites (tertiary alicyclic amines) is 1. The van der Waals surface area contributed by atoms with E-state index in [1.807, 2.05) is 18.2 Å². The van der Waals surface area contributed by atoms with Crippen LogP contribution >= 0.6 is 0 Å². The zero-order valence-electron chi connectivity index (χ0n) is 13.2. The van der Waals surface area contributed by atoms with Crippen molar-refractivity contribution in [3.05, 3.63) is 23.8 Å². The predicted molar refractivity (Wildman–Crippen MR) is 82.9 cm³/mol. The van der Waals surface area contributed by atoms with Gasteiger partial charge in [-0.25, -0.2) is 0 Å². The lowest BCUT2D eigenvalue weighted by Crippen LogP contribution is -2.35. The van der Waals surface area contributed by atoms with E-state index in [0.29, 0.717) is 12.5 Å². The third-order valence-electron chi connectivity index (χ3n) is 4.24. The lowest BCUT2D eigenvalue weighted by molar-refractivity contribution is -0.132. The molecular weight excluding hydrogens is 266 g/mol. The first-order chi connectivity index (χ1) is 10.2. The van der Waals surface area contributed by atoms with Crippen molar-refractivity contribution in [3.8, 4) is 11.5 Å². The fourth-order valence-corrected chi connectivity index (χ4v) is 3.02. The van der Waals surface area contributed by atoms with Crippen LogP contribution in [0.5, 0.6) is 11.5 Å². The SMILES string of the molecule is CCC1CCCN1C(=O)CCc1ccc(OC)c(OC)c1. The van der Waals surface area contributed by atoms with Crippen LogP contribution in [-0.2, 0) is 11.2 Å². The highest BCUT2D eigenvalue weighted by Gasteiger charge is 2.26. The number of benzene rings is 1. The van der Waals surface area contributed by atoms with Gasteiger partial charge < -0.3 is 14.4 Å². The molecule has 4 heteroatoms. The molecule has 1 aromatic rings. The van der Waals surface area contributed by atoms with Gasteiger partial charge in [-0.15, -0.1) is 0 Å². The molecule has 0 radical (unpaired) electrons. The Morgan fingerprint density at radius 3 is 2.71 bits per heavy atom. The van der Waals surface area contributed by atoms with Gasteiger partial charge in [-0.3, -0.25) is 4.79 Å². The number of hydrogen-bond donors (Lipinski definition) is 0. The Kier molecular flexibility index (Phi) is 5.48. The normalized spacial score (nSPS) is 17.9. The van der Waals surface area contributed by atoms with E-state index in [1.165, 1.54) is 0 Å². The van der Waals surface area contributed by atoms with E-state index in [1.54, 1.807) is 14.2 Å². The molecule has 116 valence electrons. The quantitative estimate of drug-likeness (QED) is 0.808. The molecule has 0 N–H and O–H groups in total. The summed E-state index contributed by atoms with van der Waals surface area (Å²) in [6, 6.07) is 6.29. The summed E-state index contributed by atoms with van der Waals surface area (Å²) in [5, 5.41) is 0. The van der Waals surface area contributed by atoms with Crippen molar-refractivity contribution < 1.29 is 14.3 Å². The predicted octanol–water partition coefficient (Wildman–Crippen LogP) is 3.04. The Labute approximate surface area is 127 Å². The van der Waals surface area contributed by atoms with E-state index in [-0.39, 0.29) is 5.91 Å². The Balaban J connectivity index is 1.95.